The molecule has 1 saturated carbocycles. The molecule has 2 N–H and O–H groups in total. The molecule has 0 radical (unpaired) electrons. The molecule has 0 spiro atoms. The second-order valence-corrected chi connectivity index (χ2v) is 7.03. The molecule has 0 saturated heterocycles. The standard InChI is InChI=1S/C21H26N2O2/c1-23(15-17-7-3-2-4-8-17)21(11-6-12-21)16-22-14-18-9-5-10-19(13-18)20(24)25/h2-5,7-10,13,22H,6,11-12,14-16H2,1H3,(H,24,25). The number of aromatic carboxylic acids is 1. The Balaban J connectivity index is 1.56. The van der Waals surface area contributed by atoms with E-state index in [2.05, 4.69) is 47.6 Å². The topological polar surface area (TPSA) is 52.6 Å². The molecule has 2 aromatic carbocycles. The molecule has 0 aromatic heterocycles. The highest BCUT2D eigenvalue weighted by Gasteiger charge is 2.40. The Morgan fingerprint density at radius 3 is 2.48 bits per heavy atom. The third-order valence-electron chi connectivity index (χ3n) is 5.31. The highest BCUT2D eigenvalue weighted by atomic mass is 16.4. The summed E-state index contributed by atoms with van der Waals surface area (Å²) < 4.78 is 0. The summed E-state index contributed by atoms with van der Waals surface area (Å²) in [5.74, 6) is -0.875. The van der Waals surface area contributed by atoms with Gasteiger partial charge in [0.15, 0.2) is 0 Å². The molecule has 0 amide bonds. The predicted molar refractivity (Wildman–Crippen MR) is 99.6 cm³/mol. The van der Waals surface area contributed by atoms with Crippen molar-refractivity contribution in [1.29, 1.82) is 0 Å². The minimum atomic E-state index is -0.875. The summed E-state index contributed by atoms with van der Waals surface area (Å²) in [6, 6.07) is 17.7. The van der Waals surface area contributed by atoms with Crippen molar-refractivity contribution < 1.29 is 9.90 Å². The zero-order chi connectivity index (χ0) is 17.7. The number of carboxylic acid groups (broad SMARTS) is 1. The van der Waals surface area contributed by atoms with Gasteiger partial charge < -0.3 is 10.4 Å². The maximum atomic E-state index is 11.1. The van der Waals surface area contributed by atoms with Crippen LogP contribution in [0.1, 0.15) is 40.7 Å². The van der Waals surface area contributed by atoms with Crippen LogP contribution in [0.5, 0.6) is 0 Å². The zero-order valence-corrected chi connectivity index (χ0v) is 14.7. The molecule has 0 aliphatic heterocycles. The van der Waals surface area contributed by atoms with Crippen LogP contribution >= 0.6 is 0 Å². The van der Waals surface area contributed by atoms with Crippen LogP contribution in [0.15, 0.2) is 54.6 Å². The van der Waals surface area contributed by atoms with Crippen LogP contribution in [-0.2, 0) is 13.1 Å². The van der Waals surface area contributed by atoms with Crippen molar-refractivity contribution in [2.24, 2.45) is 0 Å². The van der Waals surface area contributed by atoms with Gasteiger partial charge >= 0.3 is 5.97 Å². The highest BCUT2D eigenvalue weighted by Crippen LogP contribution is 2.37. The van der Waals surface area contributed by atoms with E-state index in [4.69, 9.17) is 5.11 Å². The van der Waals surface area contributed by atoms with E-state index in [0.717, 1.165) is 18.7 Å². The summed E-state index contributed by atoms with van der Waals surface area (Å²) in [5.41, 5.74) is 2.91. The van der Waals surface area contributed by atoms with Crippen molar-refractivity contribution in [3.63, 3.8) is 0 Å². The summed E-state index contributed by atoms with van der Waals surface area (Å²) in [5, 5.41) is 12.6. The molecular weight excluding hydrogens is 312 g/mol. The van der Waals surface area contributed by atoms with E-state index < -0.39 is 5.97 Å². The van der Waals surface area contributed by atoms with E-state index in [9.17, 15) is 4.79 Å². The fourth-order valence-electron chi connectivity index (χ4n) is 3.56. The number of carbonyl (C=O) groups is 1. The maximum absolute atomic E-state index is 11.1. The number of hydrogen-bond acceptors (Lipinski definition) is 3. The van der Waals surface area contributed by atoms with Gasteiger partial charge in [0.1, 0.15) is 0 Å². The average Bonchev–Trinajstić information content (AvgIpc) is 2.58. The van der Waals surface area contributed by atoms with Gasteiger partial charge in [-0.1, -0.05) is 42.5 Å². The first-order chi connectivity index (χ1) is 12.1. The Labute approximate surface area is 149 Å². The number of nitrogens with zero attached hydrogens (tertiary/aromatic N) is 1. The Kier molecular flexibility index (Phi) is 5.51. The van der Waals surface area contributed by atoms with E-state index in [1.807, 2.05) is 6.07 Å². The molecule has 1 aliphatic rings. The summed E-state index contributed by atoms with van der Waals surface area (Å²) in [7, 11) is 2.21. The van der Waals surface area contributed by atoms with Gasteiger partial charge in [0.05, 0.1) is 5.56 Å². The molecule has 1 aliphatic carbocycles. The number of hydrogen-bond donors (Lipinski definition) is 2. The fourth-order valence-corrected chi connectivity index (χ4v) is 3.56. The van der Waals surface area contributed by atoms with E-state index >= 15 is 0 Å². The molecule has 3 rings (SSSR count). The van der Waals surface area contributed by atoms with Crippen LogP contribution in [-0.4, -0.2) is 35.1 Å². The average molecular weight is 338 g/mol. The molecule has 0 unspecified atom stereocenters. The van der Waals surface area contributed by atoms with Crippen molar-refractivity contribution in [2.75, 3.05) is 13.6 Å². The second kappa shape index (κ2) is 7.81. The van der Waals surface area contributed by atoms with Gasteiger partial charge in [-0.3, -0.25) is 4.90 Å². The Bertz CT molecular complexity index is 711. The lowest BCUT2D eigenvalue weighted by atomic mass is 9.75. The van der Waals surface area contributed by atoms with Crippen LogP contribution in [0, 0.1) is 0 Å². The second-order valence-electron chi connectivity index (χ2n) is 7.03. The molecule has 25 heavy (non-hydrogen) atoms. The molecule has 4 nitrogen and oxygen atoms in total. The lowest BCUT2D eigenvalue weighted by Crippen LogP contribution is -2.57. The molecule has 2 aromatic rings. The van der Waals surface area contributed by atoms with Gasteiger partial charge in [-0.2, -0.15) is 0 Å². The van der Waals surface area contributed by atoms with Gasteiger partial charge in [-0.05, 0) is 49.6 Å². The van der Waals surface area contributed by atoms with E-state index in [0.29, 0.717) is 12.1 Å². The van der Waals surface area contributed by atoms with Gasteiger partial charge in [0, 0.05) is 25.2 Å². The third-order valence-corrected chi connectivity index (χ3v) is 5.31. The Morgan fingerprint density at radius 1 is 1.12 bits per heavy atom. The third kappa shape index (κ3) is 4.27. The number of benzene rings is 2. The summed E-state index contributed by atoms with van der Waals surface area (Å²) in [6.07, 6.45) is 3.69. The summed E-state index contributed by atoms with van der Waals surface area (Å²) in [4.78, 5) is 13.5. The van der Waals surface area contributed by atoms with Gasteiger partial charge in [-0.25, -0.2) is 4.79 Å². The molecule has 132 valence electrons. The van der Waals surface area contributed by atoms with Crippen molar-refractivity contribution >= 4 is 5.97 Å². The number of carboxylic acids is 1. The van der Waals surface area contributed by atoms with Crippen LogP contribution in [0.2, 0.25) is 0 Å². The number of nitrogens with one attached hydrogen (secondary N) is 1. The molecule has 0 bridgehead atoms. The number of rotatable bonds is 8. The highest BCUT2D eigenvalue weighted by molar-refractivity contribution is 5.87. The summed E-state index contributed by atoms with van der Waals surface area (Å²) in [6.45, 7) is 2.58. The smallest absolute Gasteiger partial charge is 0.335 e. The quantitative estimate of drug-likeness (QED) is 0.773. The first-order valence-electron chi connectivity index (χ1n) is 8.87. The van der Waals surface area contributed by atoms with E-state index in [1.54, 1.807) is 18.2 Å². The first-order valence-corrected chi connectivity index (χ1v) is 8.87. The minimum absolute atomic E-state index is 0.209. The van der Waals surface area contributed by atoms with Crippen molar-refractivity contribution in [2.45, 2.75) is 37.9 Å². The molecule has 4 heteroatoms. The summed E-state index contributed by atoms with van der Waals surface area (Å²) >= 11 is 0. The normalized spacial score (nSPS) is 15.8. The van der Waals surface area contributed by atoms with Gasteiger partial charge in [0.2, 0.25) is 0 Å². The van der Waals surface area contributed by atoms with Crippen LogP contribution < -0.4 is 5.32 Å². The first kappa shape index (κ1) is 17.6. The molecule has 1 fully saturated rings. The minimum Gasteiger partial charge on any atom is -0.478 e. The molecule has 0 atom stereocenters. The largest absolute Gasteiger partial charge is 0.478 e. The molecule has 0 heterocycles. The van der Waals surface area contributed by atoms with Crippen LogP contribution in [0.3, 0.4) is 0 Å². The fraction of sp³-hybridized carbons (Fsp3) is 0.381. The van der Waals surface area contributed by atoms with Crippen LogP contribution in [0.4, 0.5) is 0 Å². The predicted octanol–water partition coefficient (Wildman–Crippen LogP) is 3.53. The zero-order valence-electron chi connectivity index (χ0n) is 14.7. The van der Waals surface area contributed by atoms with E-state index in [-0.39, 0.29) is 5.54 Å². The monoisotopic (exact) mass is 338 g/mol. The van der Waals surface area contributed by atoms with Crippen molar-refractivity contribution in [3.05, 3.63) is 71.3 Å². The SMILES string of the molecule is CN(Cc1ccccc1)C1(CNCc2cccc(C(=O)O)c2)CCC1. The maximum Gasteiger partial charge on any atom is 0.335 e. The number of likely N-dealkylation sites (N-methyl/N-ethyl adjacent to an activating group) is 1. The lowest BCUT2D eigenvalue weighted by molar-refractivity contribution is 0.0314. The van der Waals surface area contributed by atoms with E-state index in [1.165, 1.54) is 24.8 Å². The lowest BCUT2D eigenvalue weighted by Gasteiger charge is -2.49. The van der Waals surface area contributed by atoms with Gasteiger partial charge in [-0.15, -0.1) is 0 Å². The van der Waals surface area contributed by atoms with Crippen molar-refractivity contribution in [3.8, 4) is 0 Å². The van der Waals surface area contributed by atoms with Crippen molar-refractivity contribution in [1.82, 2.24) is 10.2 Å². The van der Waals surface area contributed by atoms with Gasteiger partial charge in [0.25, 0.3) is 0 Å². The van der Waals surface area contributed by atoms with Crippen LogP contribution in [0.25, 0.3) is 0 Å². The Hall–Kier alpha value is -2.17. The Morgan fingerprint density at radius 2 is 1.84 bits per heavy atom. The molecular formula is C21H26N2O2.